The standard InChI is InChI=1S/C35H36N2O4/c1-7-40-34(38)30-29(31(35(39)41-8-2)33(21(5)6)37-32(30)20(3)4)28-19-26-16-15-25(18-27(26)36-28)24-14-13-22-11-9-10-12-23(22)17-24/h9-21,36H,7-8H2,1-6H3. The van der Waals surface area contributed by atoms with E-state index in [1.165, 1.54) is 10.8 Å². The van der Waals surface area contributed by atoms with Crippen LogP contribution in [0.3, 0.4) is 0 Å². The number of nitrogens with zero attached hydrogens (tertiary/aromatic N) is 1. The van der Waals surface area contributed by atoms with E-state index in [-0.39, 0.29) is 25.0 Å². The average molecular weight is 549 g/mol. The Bertz CT molecular complexity index is 1720. The molecule has 5 rings (SSSR count). The van der Waals surface area contributed by atoms with Crippen LogP contribution in [-0.4, -0.2) is 35.1 Å². The molecule has 0 fully saturated rings. The molecule has 0 spiro atoms. The second-order valence-electron chi connectivity index (χ2n) is 10.8. The van der Waals surface area contributed by atoms with E-state index in [9.17, 15) is 9.59 Å². The fraction of sp³-hybridized carbons (Fsp3) is 0.286. The van der Waals surface area contributed by atoms with Crippen molar-refractivity contribution in [3.8, 4) is 22.4 Å². The van der Waals surface area contributed by atoms with Gasteiger partial charge >= 0.3 is 11.9 Å². The quantitative estimate of drug-likeness (QED) is 0.196. The van der Waals surface area contributed by atoms with Gasteiger partial charge in [-0.15, -0.1) is 0 Å². The number of fused-ring (bicyclic) bond motifs is 2. The number of aromatic amines is 1. The molecule has 0 aliphatic rings. The highest BCUT2D eigenvalue weighted by Gasteiger charge is 2.32. The largest absolute Gasteiger partial charge is 0.462 e. The van der Waals surface area contributed by atoms with Crippen molar-refractivity contribution in [1.82, 2.24) is 9.97 Å². The summed E-state index contributed by atoms with van der Waals surface area (Å²) in [4.78, 5) is 35.4. The van der Waals surface area contributed by atoms with Gasteiger partial charge in [0.2, 0.25) is 0 Å². The fourth-order valence-electron chi connectivity index (χ4n) is 5.36. The number of H-pyrrole nitrogens is 1. The predicted molar refractivity (Wildman–Crippen MR) is 165 cm³/mol. The molecule has 2 aromatic heterocycles. The minimum atomic E-state index is -0.505. The second-order valence-corrected chi connectivity index (χ2v) is 10.8. The van der Waals surface area contributed by atoms with Crippen LogP contribution in [0.2, 0.25) is 0 Å². The Kier molecular flexibility index (Phi) is 7.93. The van der Waals surface area contributed by atoms with Gasteiger partial charge in [-0.1, -0.05) is 76.2 Å². The molecule has 0 unspecified atom stereocenters. The molecule has 0 atom stereocenters. The fourth-order valence-corrected chi connectivity index (χ4v) is 5.36. The molecular formula is C35H36N2O4. The predicted octanol–water partition coefficient (Wildman–Crippen LogP) is 8.65. The molecule has 0 amide bonds. The first-order valence-electron chi connectivity index (χ1n) is 14.3. The van der Waals surface area contributed by atoms with Gasteiger partial charge in [0.15, 0.2) is 0 Å². The van der Waals surface area contributed by atoms with Gasteiger partial charge in [-0.3, -0.25) is 4.98 Å². The van der Waals surface area contributed by atoms with Crippen molar-refractivity contribution in [2.45, 2.75) is 53.4 Å². The molecule has 210 valence electrons. The lowest BCUT2D eigenvalue weighted by Crippen LogP contribution is -2.21. The number of nitrogens with one attached hydrogen (secondary N) is 1. The Morgan fingerprint density at radius 1 is 0.707 bits per heavy atom. The number of carbonyl (C=O) groups excluding carboxylic acids is 2. The van der Waals surface area contributed by atoms with Gasteiger partial charge in [-0.25, -0.2) is 9.59 Å². The summed E-state index contributed by atoms with van der Waals surface area (Å²) < 4.78 is 11.0. The first-order valence-corrected chi connectivity index (χ1v) is 14.3. The van der Waals surface area contributed by atoms with E-state index in [1.807, 2.05) is 45.9 Å². The third-order valence-electron chi connectivity index (χ3n) is 7.28. The third kappa shape index (κ3) is 5.34. The Hall–Kier alpha value is -4.45. The molecule has 41 heavy (non-hydrogen) atoms. The molecule has 0 bridgehead atoms. The summed E-state index contributed by atoms with van der Waals surface area (Å²) in [6, 6.07) is 23.0. The second kappa shape index (κ2) is 11.6. The number of rotatable bonds is 8. The number of aromatic nitrogens is 2. The van der Waals surface area contributed by atoms with E-state index in [0.29, 0.717) is 33.8 Å². The number of carbonyl (C=O) groups is 2. The number of hydrogen-bond donors (Lipinski definition) is 1. The molecule has 0 saturated carbocycles. The van der Waals surface area contributed by atoms with Crippen molar-refractivity contribution in [3.63, 3.8) is 0 Å². The molecule has 5 aromatic rings. The summed E-state index contributed by atoms with van der Waals surface area (Å²) in [6.45, 7) is 11.9. The highest BCUT2D eigenvalue weighted by Crippen LogP contribution is 2.39. The van der Waals surface area contributed by atoms with Crippen LogP contribution in [0.1, 0.15) is 85.5 Å². The number of esters is 2. The molecule has 0 aliphatic carbocycles. The molecule has 1 N–H and O–H groups in total. The Morgan fingerprint density at radius 3 is 1.80 bits per heavy atom. The maximum Gasteiger partial charge on any atom is 0.340 e. The maximum absolute atomic E-state index is 13.5. The van der Waals surface area contributed by atoms with Crippen LogP contribution in [0.5, 0.6) is 0 Å². The van der Waals surface area contributed by atoms with Crippen LogP contribution in [0.15, 0.2) is 66.7 Å². The van der Waals surface area contributed by atoms with E-state index in [2.05, 4.69) is 53.5 Å². The summed E-state index contributed by atoms with van der Waals surface area (Å²) in [6.07, 6.45) is 0. The van der Waals surface area contributed by atoms with Crippen molar-refractivity contribution < 1.29 is 19.1 Å². The maximum atomic E-state index is 13.5. The van der Waals surface area contributed by atoms with Crippen molar-refractivity contribution in [3.05, 3.63) is 89.2 Å². The molecule has 6 heteroatoms. The van der Waals surface area contributed by atoms with Crippen LogP contribution in [0.4, 0.5) is 0 Å². The summed E-state index contributed by atoms with van der Waals surface area (Å²) in [5.41, 5.74) is 6.00. The van der Waals surface area contributed by atoms with Gasteiger partial charge in [0, 0.05) is 22.2 Å². The molecule has 6 nitrogen and oxygen atoms in total. The smallest absolute Gasteiger partial charge is 0.340 e. The lowest BCUT2D eigenvalue weighted by atomic mass is 9.89. The molecule has 0 aliphatic heterocycles. The van der Waals surface area contributed by atoms with Gasteiger partial charge in [-0.2, -0.15) is 0 Å². The molecule has 0 radical (unpaired) electrons. The summed E-state index contributed by atoms with van der Waals surface area (Å²) in [7, 11) is 0. The average Bonchev–Trinajstić information content (AvgIpc) is 3.39. The van der Waals surface area contributed by atoms with Gasteiger partial charge in [-0.05, 0) is 65.8 Å². The van der Waals surface area contributed by atoms with E-state index in [1.54, 1.807) is 13.8 Å². The van der Waals surface area contributed by atoms with Gasteiger partial charge < -0.3 is 14.5 Å². The van der Waals surface area contributed by atoms with Crippen LogP contribution in [-0.2, 0) is 9.47 Å². The number of benzene rings is 3. The molecular weight excluding hydrogens is 512 g/mol. The van der Waals surface area contributed by atoms with E-state index >= 15 is 0 Å². The summed E-state index contributed by atoms with van der Waals surface area (Å²) in [5.74, 6) is -1.17. The van der Waals surface area contributed by atoms with Crippen molar-refractivity contribution in [2.75, 3.05) is 13.2 Å². The van der Waals surface area contributed by atoms with E-state index < -0.39 is 11.9 Å². The van der Waals surface area contributed by atoms with Crippen LogP contribution >= 0.6 is 0 Å². The molecule has 0 saturated heterocycles. The number of ether oxygens (including phenoxy) is 2. The zero-order chi connectivity index (χ0) is 29.3. The van der Waals surface area contributed by atoms with Gasteiger partial charge in [0.1, 0.15) is 0 Å². The third-order valence-corrected chi connectivity index (χ3v) is 7.28. The van der Waals surface area contributed by atoms with Crippen LogP contribution in [0, 0.1) is 0 Å². The normalized spacial score (nSPS) is 11.5. The lowest BCUT2D eigenvalue weighted by molar-refractivity contribution is 0.0523. The highest BCUT2D eigenvalue weighted by molar-refractivity contribution is 6.08. The number of hydrogen-bond acceptors (Lipinski definition) is 5. The minimum absolute atomic E-state index is 0.0780. The van der Waals surface area contributed by atoms with Crippen LogP contribution in [0.25, 0.3) is 44.1 Å². The zero-order valence-corrected chi connectivity index (χ0v) is 24.5. The van der Waals surface area contributed by atoms with Gasteiger partial charge in [0.25, 0.3) is 0 Å². The lowest BCUT2D eigenvalue weighted by Gasteiger charge is -2.22. The SMILES string of the molecule is CCOC(=O)c1c(C(C)C)nc(C(C)C)c(C(=O)OCC)c1-c1cc2ccc(-c3ccc4ccccc4c3)cc2[nH]1. The summed E-state index contributed by atoms with van der Waals surface area (Å²) >= 11 is 0. The minimum Gasteiger partial charge on any atom is -0.462 e. The van der Waals surface area contributed by atoms with Crippen molar-refractivity contribution in [1.29, 1.82) is 0 Å². The van der Waals surface area contributed by atoms with E-state index in [4.69, 9.17) is 14.5 Å². The van der Waals surface area contributed by atoms with Gasteiger partial charge in [0.05, 0.1) is 35.7 Å². The summed E-state index contributed by atoms with van der Waals surface area (Å²) in [5, 5.41) is 3.33. The van der Waals surface area contributed by atoms with Crippen molar-refractivity contribution >= 4 is 33.6 Å². The first kappa shape index (κ1) is 28.1. The Morgan fingerprint density at radius 2 is 1.24 bits per heavy atom. The topological polar surface area (TPSA) is 81.3 Å². The first-order chi connectivity index (χ1) is 19.7. The zero-order valence-electron chi connectivity index (χ0n) is 24.5. The highest BCUT2D eigenvalue weighted by atomic mass is 16.5. The Labute approximate surface area is 240 Å². The molecule has 2 heterocycles. The molecule has 3 aromatic carbocycles. The Balaban J connectivity index is 1.77. The monoisotopic (exact) mass is 548 g/mol. The number of pyridine rings is 1. The van der Waals surface area contributed by atoms with E-state index in [0.717, 1.165) is 22.0 Å². The van der Waals surface area contributed by atoms with Crippen LogP contribution < -0.4 is 0 Å². The van der Waals surface area contributed by atoms with Crippen molar-refractivity contribution in [2.24, 2.45) is 0 Å².